The van der Waals surface area contributed by atoms with Crippen molar-refractivity contribution in [2.24, 2.45) is 5.92 Å². The minimum atomic E-state index is -0.402. The Morgan fingerprint density at radius 3 is 2.72 bits per heavy atom. The molecule has 2 aromatic rings. The van der Waals surface area contributed by atoms with Gasteiger partial charge in [-0.05, 0) is 5.92 Å². The first-order valence-corrected chi connectivity index (χ1v) is 6.38. The highest BCUT2D eigenvalue weighted by atomic mass is 35.5. The molecule has 2 rings (SSSR count). The maximum atomic E-state index is 13.6. The van der Waals surface area contributed by atoms with E-state index in [0.29, 0.717) is 17.3 Å². The largest absolute Gasteiger partial charge is 0.494 e. The third-order valence-corrected chi connectivity index (χ3v) is 3.01. The van der Waals surface area contributed by atoms with E-state index in [9.17, 15) is 4.39 Å². The molecule has 1 aromatic carbocycles. The van der Waals surface area contributed by atoms with Crippen molar-refractivity contribution in [2.45, 2.75) is 26.3 Å². The van der Waals surface area contributed by atoms with Crippen LogP contribution in [0.2, 0.25) is 0 Å². The highest BCUT2D eigenvalue weighted by Gasteiger charge is 2.14. The van der Waals surface area contributed by atoms with Crippen molar-refractivity contribution < 1.29 is 9.13 Å². The summed E-state index contributed by atoms with van der Waals surface area (Å²) in [5, 5.41) is 0. The number of rotatable bonds is 4. The highest BCUT2D eigenvalue weighted by Crippen LogP contribution is 2.26. The van der Waals surface area contributed by atoms with Crippen molar-refractivity contribution in [3.63, 3.8) is 0 Å². The maximum Gasteiger partial charge on any atom is 0.167 e. The topological polar surface area (TPSA) is 27.1 Å². The monoisotopic (exact) mass is 270 g/mol. The van der Waals surface area contributed by atoms with E-state index >= 15 is 0 Å². The Kier molecular flexibility index (Phi) is 3.76. The molecule has 0 fully saturated rings. The molecular formula is C13H16ClFN2O. The summed E-state index contributed by atoms with van der Waals surface area (Å²) in [5.74, 6) is 1.35. The van der Waals surface area contributed by atoms with Crippen molar-refractivity contribution in [1.29, 1.82) is 0 Å². The number of fused-ring (bicyclic) bond motifs is 1. The predicted molar refractivity (Wildman–Crippen MR) is 70.6 cm³/mol. The number of methoxy groups -OCH3 is 1. The third kappa shape index (κ3) is 2.29. The van der Waals surface area contributed by atoms with Crippen LogP contribution in [0.4, 0.5) is 4.39 Å². The lowest BCUT2D eigenvalue weighted by atomic mass is 10.2. The molecule has 0 bridgehead atoms. The fraction of sp³-hybridized carbons (Fsp3) is 0.462. The molecule has 0 N–H and O–H groups in total. The Balaban J connectivity index is 2.64. The van der Waals surface area contributed by atoms with Crippen LogP contribution in [0.1, 0.15) is 19.7 Å². The zero-order chi connectivity index (χ0) is 13.3. The fourth-order valence-corrected chi connectivity index (χ4v) is 2.21. The van der Waals surface area contributed by atoms with Crippen LogP contribution in [-0.2, 0) is 12.4 Å². The van der Waals surface area contributed by atoms with Gasteiger partial charge in [0.1, 0.15) is 5.82 Å². The zero-order valence-corrected chi connectivity index (χ0v) is 11.5. The number of alkyl halides is 1. The Morgan fingerprint density at radius 2 is 2.17 bits per heavy atom. The molecule has 0 unspecified atom stereocenters. The zero-order valence-electron chi connectivity index (χ0n) is 10.7. The van der Waals surface area contributed by atoms with Gasteiger partial charge < -0.3 is 9.30 Å². The van der Waals surface area contributed by atoms with Gasteiger partial charge in [0.2, 0.25) is 0 Å². The number of aromatic nitrogens is 2. The predicted octanol–water partition coefficient (Wildman–Crippen LogP) is 3.58. The Bertz CT molecular complexity index is 566. The Hall–Kier alpha value is -1.29. The number of hydrogen-bond acceptors (Lipinski definition) is 2. The minimum Gasteiger partial charge on any atom is -0.494 e. The second kappa shape index (κ2) is 5.14. The van der Waals surface area contributed by atoms with Crippen molar-refractivity contribution in [3.05, 3.63) is 23.8 Å². The van der Waals surface area contributed by atoms with Crippen LogP contribution in [0.15, 0.2) is 12.1 Å². The summed E-state index contributed by atoms with van der Waals surface area (Å²) in [4.78, 5) is 4.36. The summed E-state index contributed by atoms with van der Waals surface area (Å²) in [7, 11) is 1.45. The van der Waals surface area contributed by atoms with E-state index in [1.807, 2.05) is 4.57 Å². The maximum absolute atomic E-state index is 13.6. The third-order valence-electron chi connectivity index (χ3n) is 2.77. The normalized spacial score (nSPS) is 11.4. The average molecular weight is 271 g/mol. The van der Waals surface area contributed by atoms with Gasteiger partial charge in [-0.25, -0.2) is 9.37 Å². The van der Waals surface area contributed by atoms with Crippen LogP contribution in [0.5, 0.6) is 5.75 Å². The van der Waals surface area contributed by atoms with Crippen LogP contribution in [0.3, 0.4) is 0 Å². The van der Waals surface area contributed by atoms with Gasteiger partial charge in [0.25, 0.3) is 0 Å². The highest BCUT2D eigenvalue weighted by molar-refractivity contribution is 6.16. The number of benzene rings is 1. The number of ether oxygens (including phenoxy) is 1. The lowest BCUT2D eigenvalue weighted by molar-refractivity contribution is 0.387. The summed E-state index contributed by atoms with van der Waals surface area (Å²) in [5.41, 5.74) is 1.47. The quantitative estimate of drug-likeness (QED) is 0.794. The molecule has 0 aliphatic heterocycles. The molecule has 0 saturated heterocycles. The van der Waals surface area contributed by atoms with Crippen LogP contribution < -0.4 is 4.74 Å². The molecule has 18 heavy (non-hydrogen) atoms. The van der Waals surface area contributed by atoms with Gasteiger partial charge in [0, 0.05) is 18.7 Å². The molecule has 3 nitrogen and oxygen atoms in total. The molecule has 98 valence electrons. The molecule has 0 aliphatic rings. The molecular weight excluding hydrogens is 255 g/mol. The van der Waals surface area contributed by atoms with Gasteiger partial charge in [-0.2, -0.15) is 0 Å². The molecule has 1 heterocycles. The molecule has 0 spiro atoms. The molecule has 0 amide bonds. The number of nitrogens with zero attached hydrogens (tertiary/aromatic N) is 2. The van der Waals surface area contributed by atoms with Gasteiger partial charge in [-0.15, -0.1) is 11.6 Å². The van der Waals surface area contributed by atoms with Crippen molar-refractivity contribution in [1.82, 2.24) is 9.55 Å². The molecule has 5 heteroatoms. The van der Waals surface area contributed by atoms with Gasteiger partial charge in [-0.1, -0.05) is 13.8 Å². The van der Waals surface area contributed by atoms with Crippen molar-refractivity contribution >= 4 is 22.6 Å². The van der Waals surface area contributed by atoms with E-state index in [-0.39, 0.29) is 5.75 Å². The Morgan fingerprint density at radius 1 is 1.44 bits per heavy atom. The standard InChI is InChI=1S/C13H16ClFN2O/c1-8(2)7-17-11-5-12(18-3)9(15)4-10(11)16-13(17)6-14/h4-5,8H,6-7H2,1-3H3. The van der Waals surface area contributed by atoms with Crippen molar-refractivity contribution in [3.8, 4) is 5.75 Å². The molecule has 0 aliphatic carbocycles. The fourth-order valence-electron chi connectivity index (χ4n) is 2.00. The van der Waals surface area contributed by atoms with E-state index in [2.05, 4.69) is 18.8 Å². The van der Waals surface area contributed by atoms with Crippen LogP contribution in [0, 0.1) is 11.7 Å². The average Bonchev–Trinajstić information content (AvgIpc) is 2.64. The van der Waals surface area contributed by atoms with E-state index < -0.39 is 5.82 Å². The van der Waals surface area contributed by atoms with Gasteiger partial charge >= 0.3 is 0 Å². The number of imidazole rings is 1. The summed E-state index contributed by atoms with van der Waals surface area (Å²) < 4.78 is 20.6. The molecule has 1 aromatic heterocycles. The first-order chi connectivity index (χ1) is 8.56. The van der Waals surface area contributed by atoms with E-state index in [4.69, 9.17) is 16.3 Å². The lowest BCUT2D eigenvalue weighted by Gasteiger charge is -2.11. The number of halogens is 2. The lowest BCUT2D eigenvalue weighted by Crippen LogP contribution is -2.07. The van der Waals surface area contributed by atoms with E-state index in [0.717, 1.165) is 17.9 Å². The summed E-state index contributed by atoms with van der Waals surface area (Å²) in [6, 6.07) is 3.07. The van der Waals surface area contributed by atoms with Crippen LogP contribution in [0.25, 0.3) is 11.0 Å². The van der Waals surface area contributed by atoms with Gasteiger partial charge in [0.15, 0.2) is 11.6 Å². The second-order valence-electron chi connectivity index (χ2n) is 4.64. The summed E-state index contributed by atoms with van der Waals surface area (Å²) in [6.45, 7) is 5.03. The first-order valence-electron chi connectivity index (χ1n) is 5.85. The molecule has 0 radical (unpaired) electrons. The van der Waals surface area contributed by atoms with Crippen LogP contribution in [-0.4, -0.2) is 16.7 Å². The Labute approximate surface area is 111 Å². The summed E-state index contributed by atoms with van der Waals surface area (Å²) >= 11 is 5.89. The van der Waals surface area contributed by atoms with E-state index in [1.54, 1.807) is 6.07 Å². The van der Waals surface area contributed by atoms with Crippen LogP contribution >= 0.6 is 11.6 Å². The minimum absolute atomic E-state index is 0.230. The SMILES string of the molecule is COc1cc2c(cc1F)nc(CCl)n2CC(C)C. The van der Waals surface area contributed by atoms with Gasteiger partial charge in [-0.3, -0.25) is 0 Å². The number of hydrogen-bond donors (Lipinski definition) is 0. The molecule has 0 atom stereocenters. The van der Waals surface area contributed by atoms with E-state index in [1.165, 1.54) is 13.2 Å². The summed E-state index contributed by atoms with van der Waals surface area (Å²) in [6.07, 6.45) is 0. The second-order valence-corrected chi connectivity index (χ2v) is 4.91. The van der Waals surface area contributed by atoms with Crippen molar-refractivity contribution in [2.75, 3.05) is 7.11 Å². The first kappa shape index (κ1) is 13.1. The van der Waals surface area contributed by atoms with Gasteiger partial charge in [0.05, 0.1) is 24.0 Å². The smallest absolute Gasteiger partial charge is 0.167 e. The molecule has 0 saturated carbocycles.